The normalized spacial score (nSPS) is 10.4. The van der Waals surface area contributed by atoms with Crippen molar-refractivity contribution < 1.29 is 0 Å². The molecule has 1 N–H and O–H groups in total. The van der Waals surface area contributed by atoms with Crippen LogP contribution < -0.4 is 0 Å². The molecule has 0 saturated carbocycles. The molecule has 0 spiro atoms. The average molecular weight is 220 g/mol. The van der Waals surface area contributed by atoms with Crippen LogP contribution in [0.25, 0.3) is 22.6 Å². The fraction of sp³-hybridized carbons (Fsp3) is 0. The van der Waals surface area contributed by atoms with E-state index in [1.165, 1.54) is 0 Å². The Morgan fingerprint density at radius 3 is 2.29 bits per heavy atom. The van der Waals surface area contributed by atoms with Gasteiger partial charge in [-0.25, -0.2) is 4.98 Å². The maximum Gasteiger partial charge on any atom is 0.0871 e. The van der Waals surface area contributed by atoms with Gasteiger partial charge in [0.15, 0.2) is 0 Å². The smallest absolute Gasteiger partial charge is 0.0871 e. The van der Waals surface area contributed by atoms with E-state index in [1.54, 1.807) is 0 Å². The molecule has 1 aromatic carbocycles. The molecule has 17 heavy (non-hydrogen) atoms. The molecule has 0 amide bonds. The van der Waals surface area contributed by atoms with E-state index in [1.807, 2.05) is 54.7 Å². The second-order valence-corrected chi connectivity index (χ2v) is 3.86. The van der Waals surface area contributed by atoms with Gasteiger partial charge in [0.05, 0.1) is 17.1 Å². The lowest BCUT2D eigenvalue weighted by atomic mass is 10.1. The van der Waals surface area contributed by atoms with Gasteiger partial charge in [-0.2, -0.15) is 0 Å². The summed E-state index contributed by atoms with van der Waals surface area (Å²) in [6.45, 7) is 0. The molecular weight excluding hydrogens is 208 g/mol. The van der Waals surface area contributed by atoms with Crippen LogP contribution in [0.5, 0.6) is 0 Å². The van der Waals surface area contributed by atoms with E-state index in [-0.39, 0.29) is 0 Å². The third-order valence-electron chi connectivity index (χ3n) is 2.69. The lowest BCUT2D eigenvalue weighted by Crippen LogP contribution is -1.87. The fourth-order valence-corrected chi connectivity index (χ4v) is 1.84. The van der Waals surface area contributed by atoms with Crippen LogP contribution in [-0.4, -0.2) is 9.97 Å². The number of H-pyrrole nitrogens is 1. The van der Waals surface area contributed by atoms with Gasteiger partial charge in [-0.05, 0) is 24.3 Å². The molecule has 0 aliphatic carbocycles. The monoisotopic (exact) mass is 220 g/mol. The summed E-state index contributed by atoms with van der Waals surface area (Å²) in [5.41, 5.74) is 4.15. The van der Waals surface area contributed by atoms with E-state index in [0.717, 1.165) is 22.6 Å². The summed E-state index contributed by atoms with van der Waals surface area (Å²) in [7, 11) is 0. The average Bonchev–Trinajstić information content (AvgIpc) is 2.94. The van der Waals surface area contributed by atoms with E-state index in [4.69, 9.17) is 0 Å². The lowest BCUT2D eigenvalue weighted by Gasteiger charge is -2.03. The zero-order valence-electron chi connectivity index (χ0n) is 9.30. The van der Waals surface area contributed by atoms with Crippen LogP contribution in [-0.2, 0) is 0 Å². The molecule has 0 fully saturated rings. The first-order chi connectivity index (χ1) is 8.43. The number of pyridine rings is 1. The molecule has 0 unspecified atom stereocenters. The minimum Gasteiger partial charge on any atom is -0.360 e. The van der Waals surface area contributed by atoms with Crippen molar-refractivity contribution in [2.45, 2.75) is 0 Å². The summed E-state index contributed by atoms with van der Waals surface area (Å²) >= 11 is 0. The number of nitrogens with zero attached hydrogens (tertiary/aromatic N) is 1. The number of hydrogen-bond donors (Lipinski definition) is 1. The number of aromatic nitrogens is 2. The Labute approximate surface area is 100.0 Å². The Morgan fingerprint density at radius 1 is 0.706 bits per heavy atom. The molecule has 82 valence electrons. The fourth-order valence-electron chi connectivity index (χ4n) is 1.84. The number of hydrogen-bond acceptors (Lipinski definition) is 1. The number of rotatable bonds is 2. The van der Waals surface area contributed by atoms with E-state index in [9.17, 15) is 0 Å². The van der Waals surface area contributed by atoms with Crippen molar-refractivity contribution in [3.05, 3.63) is 66.9 Å². The first-order valence-electron chi connectivity index (χ1n) is 5.60. The lowest BCUT2D eigenvalue weighted by molar-refractivity contribution is 1.28. The van der Waals surface area contributed by atoms with Gasteiger partial charge < -0.3 is 4.98 Å². The topological polar surface area (TPSA) is 28.7 Å². The van der Waals surface area contributed by atoms with Crippen LogP contribution in [0, 0.1) is 0 Å². The van der Waals surface area contributed by atoms with Crippen LogP contribution in [0.3, 0.4) is 0 Å². The second-order valence-electron chi connectivity index (χ2n) is 3.86. The number of benzene rings is 1. The third-order valence-corrected chi connectivity index (χ3v) is 2.69. The molecule has 0 aliphatic heterocycles. The molecule has 0 bridgehead atoms. The minimum atomic E-state index is 0.969. The SMILES string of the molecule is c1ccc(-c2cccc(-c3ccc[nH]3)n2)cc1. The molecule has 2 heteroatoms. The van der Waals surface area contributed by atoms with Crippen LogP contribution >= 0.6 is 0 Å². The van der Waals surface area contributed by atoms with Crippen LogP contribution in [0.1, 0.15) is 0 Å². The quantitative estimate of drug-likeness (QED) is 0.700. The van der Waals surface area contributed by atoms with E-state index >= 15 is 0 Å². The van der Waals surface area contributed by atoms with Gasteiger partial charge in [-0.15, -0.1) is 0 Å². The van der Waals surface area contributed by atoms with Gasteiger partial charge in [-0.3, -0.25) is 0 Å². The highest BCUT2D eigenvalue weighted by Gasteiger charge is 2.02. The van der Waals surface area contributed by atoms with Gasteiger partial charge in [-0.1, -0.05) is 36.4 Å². The molecule has 2 heterocycles. The molecule has 3 aromatic rings. The van der Waals surface area contributed by atoms with Crippen molar-refractivity contribution >= 4 is 0 Å². The van der Waals surface area contributed by atoms with Crippen molar-refractivity contribution in [1.82, 2.24) is 9.97 Å². The first kappa shape index (κ1) is 9.85. The van der Waals surface area contributed by atoms with Crippen molar-refractivity contribution in [2.75, 3.05) is 0 Å². The summed E-state index contributed by atoms with van der Waals surface area (Å²) < 4.78 is 0. The van der Waals surface area contributed by atoms with Crippen LogP contribution in [0.4, 0.5) is 0 Å². The number of aromatic amines is 1. The Kier molecular flexibility index (Phi) is 2.47. The summed E-state index contributed by atoms with van der Waals surface area (Å²) in [5.74, 6) is 0. The zero-order chi connectivity index (χ0) is 11.5. The van der Waals surface area contributed by atoms with Gasteiger partial charge in [0, 0.05) is 11.8 Å². The van der Waals surface area contributed by atoms with E-state index in [0.29, 0.717) is 0 Å². The highest BCUT2D eigenvalue weighted by Crippen LogP contribution is 2.20. The van der Waals surface area contributed by atoms with Crippen molar-refractivity contribution in [3.63, 3.8) is 0 Å². The van der Waals surface area contributed by atoms with Crippen LogP contribution in [0.2, 0.25) is 0 Å². The summed E-state index contributed by atoms with van der Waals surface area (Å²) in [5, 5.41) is 0. The molecule has 0 radical (unpaired) electrons. The molecule has 0 atom stereocenters. The molecule has 2 nitrogen and oxygen atoms in total. The Bertz CT molecular complexity index is 598. The first-order valence-corrected chi connectivity index (χ1v) is 5.60. The number of nitrogens with one attached hydrogen (secondary N) is 1. The predicted molar refractivity (Wildman–Crippen MR) is 69.5 cm³/mol. The Balaban J connectivity index is 2.06. The summed E-state index contributed by atoms with van der Waals surface area (Å²) in [4.78, 5) is 7.82. The van der Waals surface area contributed by atoms with Crippen molar-refractivity contribution in [1.29, 1.82) is 0 Å². The molecule has 3 rings (SSSR count). The van der Waals surface area contributed by atoms with Gasteiger partial charge in [0.1, 0.15) is 0 Å². The van der Waals surface area contributed by atoms with E-state index < -0.39 is 0 Å². The molecule has 0 saturated heterocycles. The molecular formula is C15H12N2. The highest BCUT2D eigenvalue weighted by atomic mass is 14.8. The Hall–Kier alpha value is -2.35. The standard InChI is InChI=1S/C15H12N2/c1-2-6-12(7-3-1)13-8-4-9-15(17-13)14-10-5-11-16-14/h1-11,16H. The van der Waals surface area contributed by atoms with Gasteiger partial charge in [0.2, 0.25) is 0 Å². The highest BCUT2D eigenvalue weighted by molar-refractivity contribution is 5.64. The second kappa shape index (κ2) is 4.26. The largest absolute Gasteiger partial charge is 0.360 e. The van der Waals surface area contributed by atoms with E-state index in [2.05, 4.69) is 22.1 Å². The summed E-state index contributed by atoms with van der Waals surface area (Å²) in [6.07, 6.45) is 1.91. The maximum absolute atomic E-state index is 4.65. The van der Waals surface area contributed by atoms with Gasteiger partial charge >= 0.3 is 0 Å². The minimum absolute atomic E-state index is 0.969. The molecule has 0 aliphatic rings. The predicted octanol–water partition coefficient (Wildman–Crippen LogP) is 3.74. The maximum atomic E-state index is 4.65. The third kappa shape index (κ3) is 1.97. The van der Waals surface area contributed by atoms with Crippen molar-refractivity contribution in [3.8, 4) is 22.6 Å². The van der Waals surface area contributed by atoms with Crippen molar-refractivity contribution in [2.24, 2.45) is 0 Å². The summed E-state index contributed by atoms with van der Waals surface area (Å²) in [6, 6.07) is 20.3. The molecule has 2 aromatic heterocycles. The van der Waals surface area contributed by atoms with Crippen LogP contribution in [0.15, 0.2) is 66.9 Å². The van der Waals surface area contributed by atoms with Gasteiger partial charge in [0.25, 0.3) is 0 Å². The Morgan fingerprint density at radius 2 is 1.53 bits per heavy atom. The zero-order valence-corrected chi connectivity index (χ0v) is 9.30.